The van der Waals surface area contributed by atoms with Crippen LogP contribution in [0, 0.1) is 0 Å². The van der Waals surface area contributed by atoms with Crippen LogP contribution >= 0.6 is 0 Å². The number of hydrogen-bond acceptors (Lipinski definition) is 4. The molecule has 0 amide bonds. The van der Waals surface area contributed by atoms with Gasteiger partial charge in [0.25, 0.3) is 0 Å². The highest BCUT2D eigenvalue weighted by atomic mass is 16.4. The first-order valence-corrected chi connectivity index (χ1v) is 10.0. The van der Waals surface area contributed by atoms with E-state index in [9.17, 15) is 4.79 Å². The van der Waals surface area contributed by atoms with Gasteiger partial charge >= 0.3 is 5.97 Å². The van der Waals surface area contributed by atoms with Crippen LogP contribution in [0.3, 0.4) is 0 Å². The van der Waals surface area contributed by atoms with Crippen molar-refractivity contribution in [2.24, 2.45) is 0 Å². The Morgan fingerprint density at radius 2 is 1.83 bits per heavy atom. The van der Waals surface area contributed by atoms with Crippen LogP contribution in [0.2, 0.25) is 0 Å². The summed E-state index contributed by atoms with van der Waals surface area (Å²) in [5.74, 6) is 0.135. The molecule has 0 unspecified atom stereocenters. The molecule has 0 saturated carbocycles. The fourth-order valence-electron chi connectivity index (χ4n) is 3.74. The molecule has 1 fully saturated rings. The summed E-state index contributed by atoms with van der Waals surface area (Å²) in [6.45, 7) is 5.00. The normalized spacial score (nSPS) is 15.2. The Morgan fingerprint density at radius 1 is 1.00 bits per heavy atom. The summed E-state index contributed by atoms with van der Waals surface area (Å²) in [5, 5.41) is 9.95. The van der Waals surface area contributed by atoms with Gasteiger partial charge in [-0.3, -0.25) is 4.90 Å². The first kappa shape index (κ1) is 19.2. The molecule has 2 heterocycles. The van der Waals surface area contributed by atoms with Crippen LogP contribution in [0.5, 0.6) is 0 Å². The number of aromatic nitrogens is 1. The SMILES string of the molecule is O=C(O)/C=C/c1cccc(CCN2CCN(c3ccc4ccccc4n3)CC2)c1. The number of rotatable bonds is 6. The number of carboxylic acids is 1. The second-order valence-electron chi connectivity index (χ2n) is 7.36. The molecule has 0 bridgehead atoms. The van der Waals surface area contributed by atoms with E-state index in [-0.39, 0.29) is 0 Å². The quantitative estimate of drug-likeness (QED) is 0.654. The topological polar surface area (TPSA) is 56.7 Å². The van der Waals surface area contributed by atoms with E-state index in [0.717, 1.165) is 56.0 Å². The maximum absolute atomic E-state index is 10.7. The zero-order chi connectivity index (χ0) is 20.1. The largest absolute Gasteiger partial charge is 0.478 e. The number of benzene rings is 2. The molecule has 1 N–H and O–H groups in total. The van der Waals surface area contributed by atoms with Crippen LogP contribution in [0.1, 0.15) is 11.1 Å². The number of piperazine rings is 1. The number of para-hydroxylation sites is 1. The maximum Gasteiger partial charge on any atom is 0.328 e. The molecule has 1 saturated heterocycles. The third kappa shape index (κ3) is 5.00. The van der Waals surface area contributed by atoms with Crippen molar-refractivity contribution in [3.63, 3.8) is 0 Å². The molecule has 5 nitrogen and oxygen atoms in total. The first-order chi connectivity index (χ1) is 14.2. The smallest absolute Gasteiger partial charge is 0.328 e. The number of pyridine rings is 1. The van der Waals surface area contributed by atoms with Crippen molar-refractivity contribution in [2.75, 3.05) is 37.6 Å². The van der Waals surface area contributed by atoms with E-state index in [2.05, 4.69) is 46.2 Å². The fraction of sp³-hybridized carbons (Fsp3) is 0.250. The van der Waals surface area contributed by atoms with Gasteiger partial charge in [-0.15, -0.1) is 0 Å². The van der Waals surface area contributed by atoms with Gasteiger partial charge in [-0.25, -0.2) is 9.78 Å². The van der Waals surface area contributed by atoms with E-state index >= 15 is 0 Å². The van der Waals surface area contributed by atoms with Crippen molar-refractivity contribution in [3.8, 4) is 0 Å². The predicted molar refractivity (Wildman–Crippen MR) is 117 cm³/mol. The van der Waals surface area contributed by atoms with Crippen LogP contribution in [-0.4, -0.2) is 53.7 Å². The standard InChI is InChI=1S/C24H25N3O2/c28-24(29)11-8-19-4-3-5-20(18-19)12-13-26-14-16-27(17-15-26)23-10-9-21-6-1-2-7-22(21)25-23/h1-11,18H,12-17H2,(H,28,29)/b11-8+. The Labute approximate surface area is 170 Å². The van der Waals surface area contributed by atoms with Crippen LogP contribution in [0.25, 0.3) is 17.0 Å². The van der Waals surface area contributed by atoms with Gasteiger partial charge in [-0.2, -0.15) is 0 Å². The van der Waals surface area contributed by atoms with Gasteiger partial charge in [-0.1, -0.05) is 42.5 Å². The average Bonchev–Trinajstić information content (AvgIpc) is 2.76. The van der Waals surface area contributed by atoms with E-state index in [4.69, 9.17) is 10.1 Å². The molecular formula is C24H25N3O2. The summed E-state index contributed by atoms with van der Waals surface area (Å²) >= 11 is 0. The number of carboxylic acid groups (broad SMARTS) is 1. The number of nitrogens with zero attached hydrogens (tertiary/aromatic N) is 3. The van der Waals surface area contributed by atoms with Crippen molar-refractivity contribution < 1.29 is 9.90 Å². The minimum Gasteiger partial charge on any atom is -0.478 e. The minimum absolute atomic E-state index is 0.922. The molecule has 3 aromatic rings. The summed E-state index contributed by atoms with van der Waals surface area (Å²) in [6.07, 6.45) is 3.78. The van der Waals surface area contributed by atoms with E-state index < -0.39 is 5.97 Å². The third-order valence-corrected chi connectivity index (χ3v) is 5.37. The van der Waals surface area contributed by atoms with Crippen molar-refractivity contribution >= 4 is 28.8 Å². The van der Waals surface area contributed by atoms with Gasteiger partial charge in [0.05, 0.1) is 5.52 Å². The molecule has 29 heavy (non-hydrogen) atoms. The number of anilines is 1. The van der Waals surface area contributed by atoms with E-state index in [1.807, 2.05) is 24.3 Å². The molecule has 0 atom stereocenters. The van der Waals surface area contributed by atoms with Gasteiger partial charge in [0.2, 0.25) is 0 Å². The second-order valence-corrected chi connectivity index (χ2v) is 7.36. The molecule has 1 aliphatic heterocycles. The number of aliphatic carboxylic acids is 1. The summed E-state index contributed by atoms with van der Waals surface area (Å²) < 4.78 is 0. The van der Waals surface area contributed by atoms with Gasteiger partial charge in [0, 0.05) is 44.2 Å². The molecule has 0 aliphatic carbocycles. The number of fused-ring (bicyclic) bond motifs is 1. The van der Waals surface area contributed by atoms with Crippen LogP contribution in [0.4, 0.5) is 5.82 Å². The summed E-state index contributed by atoms with van der Waals surface area (Å²) in [4.78, 5) is 20.3. The maximum atomic E-state index is 10.7. The number of carbonyl (C=O) groups is 1. The summed E-state index contributed by atoms with van der Waals surface area (Å²) in [5.41, 5.74) is 3.21. The minimum atomic E-state index is -0.922. The molecule has 1 aliphatic rings. The van der Waals surface area contributed by atoms with Gasteiger partial charge < -0.3 is 10.0 Å². The van der Waals surface area contributed by atoms with Gasteiger partial charge in [0.15, 0.2) is 0 Å². The van der Waals surface area contributed by atoms with Crippen molar-refractivity contribution in [1.29, 1.82) is 0 Å². The number of hydrogen-bond donors (Lipinski definition) is 1. The Balaban J connectivity index is 1.31. The average molecular weight is 387 g/mol. The second kappa shape index (κ2) is 8.88. The Hall–Kier alpha value is -3.18. The lowest BCUT2D eigenvalue weighted by molar-refractivity contribution is -0.131. The molecule has 0 spiro atoms. The monoisotopic (exact) mass is 387 g/mol. The molecule has 0 radical (unpaired) electrons. The molecule has 1 aromatic heterocycles. The molecule has 148 valence electrons. The molecular weight excluding hydrogens is 362 g/mol. The lowest BCUT2D eigenvalue weighted by Gasteiger charge is -2.35. The third-order valence-electron chi connectivity index (χ3n) is 5.37. The Morgan fingerprint density at radius 3 is 2.66 bits per heavy atom. The van der Waals surface area contributed by atoms with Gasteiger partial charge in [-0.05, 0) is 41.8 Å². The lowest BCUT2D eigenvalue weighted by atomic mass is 10.1. The van der Waals surface area contributed by atoms with Crippen LogP contribution in [0.15, 0.2) is 66.7 Å². The van der Waals surface area contributed by atoms with Crippen molar-refractivity contribution in [2.45, 2.75) is 6.42 Å². The van der Waals surface area contributed by atoms with Crippen LogP contribution < -0.4 is 4.90 Å². The highest BCUT2D eigenvalue weighted by molar-refractivity contribution is 5.85. The Kier molecular flexibility index (Phi) is 5.86. The Bertz CT molecular complexity index is 1020. The van der Waals surface area contributed by atoms with Gasteiger partial charge in [0.1, 0.15) is 5.82 Å². The summed E-state index contributed by atoms with van der Waals surface area (Å²) in [6, 6.07) is 20.6. The zero-order valence-electron chi connectivity index (χ0n) is 16.4. The fourth-order valence-corrected chi connectivity index (χ4v) is 3.74. The highest BCUT2D eigenvalue weighted by Crippen LogP contribution is 2.19. The van der Waals surface area contributed by atoms with Crippen molar-refractivity contribution in [3.05, 3.63) is 77.9 Å². The zero-order valence-corrected chi connectivity index (χ0v) is 16.4. The van der Waals surface area contributed by atoms with E-state index in [1.54, 1.807) is 6.08 Å². The predicted octanol–water partition coefficient (Wildman–Crippen LogP) is 3.70. The highest BCUT2D eigenvalue weighted by Gasteiger charge is 2.18. The molecule has 4 rings (SSSR count). The van der Waals surface area contributed by atoms with Crippen molar-refractivity contribution in [1.82, 2.24) is 9.88 Å². The lowest BCUT2D eigenvalue weighted by Crippen LogP contribution is -2.47. The molecule has 2 aromatic carbocycles. The molecule has 5 heteroatoms. The van der Waals surface area contributed by atoms with E-state index in [1.165, 1.54) is 17.0 Å². The summed E-state index contributed by atoms with van der Waals surface area (Å²) in [7, 11) is 0. The first-order valence-electron chi connectivity index (χ1n) is 10.0. The van der Waals surface area contributed by atoms with E-state index in [0.29, 0.717) is 0 Å². The van der Waals surface area contributed by atoms with Crippen LogP contribution in [-0.2, 0) is 11.2 Å².